The van der Waals surface area contributed by atoms with Crippen LogP contribution in [0.1, 0.15) is 24.4 Å². The summed E-state index contributed by atoms with van der Waals surface area (Å²) in [4.78, 5) is 25.0. The zero-order chi connectivity index (χ0) is 11.7. The first-order valence-corrected chi connectivity index (χ1v) is 5.93. The van der Waals surface area contributed by atoms with E-state index in [-0.39, 0.29) is 11.7 Å². The van der Waals surface area contributed by atoms with Crippen LogP contribution in [0.3, 0.4) is 0 Å². The molecule has 1 fully saturated rings. The standard InChI is InChI=1S/C12H12BrNO2/c1-14-11(16)7-6-10(15)12(14)8-4-2-3-5-9(8)13/h2-5,12H,6-7H2,1H3. The van der Waals surface area contributed by atoms with Gasteiger partial charge in [0.1, 0.15) is 6.04 Å². The fourth-order valence-electron chi connectivity index (χ4n) is 1.98. The molecule has 0 aromatic heterocycles. The van der Waals surface area contributed by atoms with Crippen LogP contribution in [0.4, 0.5) is 0 Å². The second kappa shape index (κ2) is 4.37. The molecule has 16 heavy (non-hydrogen) atoms. The SMILES string of the molecule is CN1C(=O)CCC(=O)C1c1ccccc1Br. The third-order valence-corrected chi connectivity index (χ3v) is 3.59. The highest BCUT2D eigenvalue weighted by molar-refractivity contribution is 9.10. The third-order valence-electron chi connectivity index (χ3n) is 2.87. The fourth-order valence-corrected chi connectivity index (χ4v) is 2.48. The van der Waals surface area contributed by atoms with Gasteiger partial charge in [0.2, 0.25) is 5.91 Å². The van der Waals surface area contributed by atoms with E-state index in [2.05, 4.69) is 15.9 Å². The Morgan fingerprint density at radius 1 is 1.25 bits per heavy atom. The van der Waals surface area contributed by atoms with Crippen molar-refractivity contribution in [2.45, 2.75) is 18.9 Å². The highest BCUT2D eigenvalue weighted by Gasteiger charge is 2.33. The average Bonchev–Trinajstić information content (AvgIpc) is 2.27. The lowest BCUT2D eigenvalue weighted by Gasteiger charge is -2.32. The van der Waals surface area contributed by atoms with Crippen molar-refractivity contribution in [3.05, 3.63) is 34.3 Å². The minimum absolute atomic E-state index is 0.0281. The summed E-state index contributed by atoms with van der Waals surface area (Å²) in [7, 11) is 1.68. The lowest BCUT2D eigenvalue weighted by Crippen LogP contribution is -2.40. The zero-order valence-electron chi connectivity index (χ0n) is 8.94. The van der Waals surface area contributed by atoms with E-state index >= 15 is 0 Å². The molecule has 1 saturated heterocycles. The summed E-state index contributed by atoms with van der Waals surface area (Å²) >= 11 is 3.42. The summed E-state index contributed by atoms with van der Waals surface area (Å²) in [6.45, 7) is 0. The zero-order valence-corrected chi connectivity index (χ0v) is 10.5. The Morgan fingerprint density at radius 2 is 1.94 bits per heavy atom. The molecule has 0 spiro atoms. The fraction of sp³-hybridized carbons (Fsp3) is 0.333. The second-order valence-corrected chi connectivity index (χ2v) is 4.75. The van der Waals surface area contributed by atoms with Crippen LogP contribution in [-0.2, 0) is 9.59 Å². The number of ketones is 1. The molecule has 1 atom stereocenters. The Hall–Kier alpha value is -1.16. The maximum atomic E-state index is 11.9. The summed E-state index contributed by atoms with van der Waals surface area (Å²) in [5.74, 6) is 0.134. The van der Waals surface area contributed by atoms with E-state index in [0.29, 0.717) is 12.8 Å². The van der Waals surface area contributed by atoms with Crippen LogP contribution in [0.2, 0.25) is 0 Å². The lowest BCUT2D eigenvalue weighted by molar-refractivity contribution is -0.143. The van der Waals surface area contributed by atoms with Crippen LogP contribution in [0.5, 0.6) is 0 Å². The van der Waals surface area contributed by atoms with E-state index in [1.54, 1.807) is 7.05 Å². The van der Waals surface area contributed by atoms with Crippen molar-refractivity contribution in [3.8, 4) is 0 Å². The second-order valence-electron chi connectivity index (χ2n) is 3.90. The van der Waals surface area contributed by atoms with Crippen molar-refractivity contribution in [1.82, 2.24) is 4.90 Å². The third kappa shape index (κ3) is 1.89. The number of amides is 1. The summed E-state index contributed by atoms with van der Waals surface area (Å²) in [5.41, 5.74) is 0.864. The molecule has 1 aliphatic rings. The highest BCUT2D eigenvalue weighted by atomic mass is 79.9. The molecular weight excluding hydrogens is 270 g/mol. The van der Waals surface area contributed by atoms with Gasteiger partial charge < -0.3 is 4.90 Å². The van der Waals surface area contributed by atoms with E-state index in [1.165, 1.54) is 4.90 Å². The number of carbonyl (C=O) groups excluding carboxylic acids is 2. The molecule has 84 valence electrons. The van der Waals surface area contributed by atoms with Crippen LogP contribution in [0, 0.1) is 0 Å². The van der Waals surface area contributed by atoms with Crippen molar-refractivity contribution in [2.24, 2.45) is 0 Å². The number of rotatable bonds is 1. The van der Waals surface area contributed by atoms with Crippen molar-refractivity contribution in [3.63, 3.8) is 0 Å². The topological polar surface area (TPSA) is 37.4 Å². The summed E-state index contributed by atoms with van der Waals surface area (Å²) in [6, 6.07) is 7.09. The Morgan fingerprint density at radius 3 is 2.62 bits per heavy atom. The summed E-state index contributed by atoms with van der Waals surface area (Å²) < 4.78 is 0.870. The molecule has 1 aliphatic heterocycles. The van der Waals surface area contributed by atoms with E-state index in [9.17, 15) is 9.59 Å². The Bertz CT molecular complexity index is 444. The average molecular weight is 282 g/mol. The van der Waals surface area contributed by atoms with Gasteiger partial charge in [-0.05, 0) is 11.6 Å². The number of hydrogen-bond donors (Lipinski definition) is 0. The van der Waals surface area contributed by atoms with Gasteiger partial charge >= 0.3 is 0 Å². The van der Waals surface area contributed by atoms with Crippen molar-refractivity contribution in [2.75, 3.05) is 7.05 Å². The van der Waals surface area contributed by atoms with Crippen LogP contribution in [0.15, 0.2) is 28.7 Å². The number of likely N-dealkylation sites (tertiary alicyclic amines) is 1. The van der Waals surface area contributed by atoms with Gasteiger partial charge in [0.15, 0.2) is 5.78 Å². The summed E-state index contributed by atoms with van der Waals surface area (Å²) in [5, 5.41) is 0. The predicted molar refractivity (Wildman–Crippen MR) is 63.9 cm³/mol. The van der Waals surface area contributed by atoms with E-state index in [0.717, 1.165) is 10.0 Å². The lowest BCUT2D eigenvalue weighted by atomic mass is 9.94. The predicted octanol–water partition coefficient (Wildman–Crippen LogP) is 2.31. The molecule has 1 unspecified atom stereocenters. The first-order valence-electron chi connectivity index (χ1n) is 5.14. The first kappa shape index (κ1) is 11.3. The number of carbonyl (C=O) groups is 2. The van der Waals surface area contributed by atoms with Gasteiger partial charge in [-0.3, -0.25) is 9.59 Å². The number of nitrogens with zero attached hydrogens (tertiary/aromatic N) is 1. The molecular formula is C12H12BrNO2. The molecule has 1 heterocycles. The smallest absolute Gasteiger partial charge is 0.223 e. The van der Waals surface area contributed by atoms with Crippen LogP contribution < -0.4 is 0 Å². The van der Waals surface area contributed by atoms with Crippen molar-refractivity contribution < 1.29 is 9.59 Å². The number of piperidine rings is 1. The number of halogens is 1. The largest absolute Gasteiger partial charge is 0.332 e. The van der Waals surface area contributed by atoms with Crippen molar-refractivity contribution in [1.29, 1.82) is 0 Å². The minimum atomic E-state index is -0.433. The summed E-state index contributed by atoms with van der Waals surface area (Å²) in [6.07, 6.45) is 0.672. The van der Waals surface area contributed by atoms with Crippen LogP contribution in [-0.4, -0.2) is 23.6 Å². The maximum Gasteiger partial charge on any atom is 0.223 e. The van der Waals surface area contributed by atoms with Crippen LogP contribution in [0.25, 0.3) is 0 Å². The molecule has 2 rings (SSSR count). The molecule has 0 bridgehead atoms. The normalized spacial score (nSPS) is 21.4. The molecule has 1 amide bonds. The number of hydrogen-bond acceptors (Lipinski definition) is 2. The molecule has 3 nitrogen and oxygen atoms in total. The van der Waals surface area contributed by atoms with E-state index in [1.807, 2.05) is 24.3 Å². The Kier molecular flexibility index (Phi) is 3.10. The van der Waals surface area contributed by atoms with Gasteiger partial charge in [-0.15, -0.1) is 0 Å². The minimum Gasteiger partial charge on any atom is -0.332 e. The van der Waals surface area contributed by atoms with Gasteiger partial charge in [-0.1, -0.05) is 34.1 Å². The quantitative estimate of drug-likeness (QED) is 0.792. The molecule has 0 saturated carbocycles. The van der Waals surface area contributed by atoms with Gasteiger partial charge in [-0.25, -0.2) is 0 Å². The Balaban J connectivity index is 2.41. The molecule has 0 aliphatic carbocycles. The van der Waals surface area contributed by atoms with Gasteiger partial charge in [0, 0.05) is 24.4 Å². The number of Topliss-reactive ketones (excluding diaryl/α,β-unsaturated/α-hetero) is 1. The Labute approximate surface area is 103 Å². The van der Waals surface area contributed by atoms with Crippen LogP contribution >= 0.6 is 15.9 Å². The highest BCUT2D eigenvalue weighted by Crippen LogP contribution is 2.31. The van der Waals surface area contributed by atoms with Gasteiger partial charge in [0.05, 0.1) is 0 Å². The van der Waals surface area contributed by atoms with Crippen molar-refractivity contribution >= 4 is 27.6 Å². The number of likely N-dealkylation sites (N-methyl/N-ethyl adjacent to an activating group) is 1. The monoisotopic (exact) mass is 281 g/mol. The van der Waals surface area contributed by atoms with E-state index < -0.39 is 6.04 Å². The van der Waals surface area contributed by atoms with Gasteiger partial charge in [-0.2, -0.15) is 0 Å². The molecule has 1 aromatic carbocycles. The molecule has 0 N–H and O–H groups in total. The molecule has 0 radical (unpaired) electrons. The molecule has 1 aromatic rings. The molecule has 4 heteroatoms. The van der Waals surface area contributed by atoms with Gasteiger partial charge in [0.25, 0.3) is 0 Å². The first-order chi connectivity index (χ1) is 7.61. The maximum absolute atomic E-state index is 11.9. The van der Waals surface area contributed by atoms with E-state index in [4.69, 9.17) is 0 Å². The number of benzene rings is 1.